The van der Waals surface area contributed by atoms with Crippen LogP contribution >= 0.6 is 0 Å². The maximum absolute atomic E-state index is 12.9. The van der Waals surface area contributed by atoms with Crippen molar-refractivity contribution < 1.29 is 13.9 Å². The van der Waals surface area contributed by atoms with E-state index in [1.54, 1.807) is 24.3 Å². The van der Waals surface area contributed by atoms with Gasteiger partial charge >= 0.3 is 0 Å². The maximum atomic E-state index is 12.9. The molecule has 0 radical (unpaired) electrons. The number of hydrogen-bond donors (Lipinski definition) is 0. The lowest BCUT2D eigenvalue weighted by atomic mass is 10.2. The molecule has 0 saturated heterocycles. The van der Waals surface area contributed by atoms with Crippen molar-refractivity contribution in [3.63, 3.8) is 0 Å². The van der Waals surface area contributed by atoms with Gasteiger partial charge in [-0.1, -0.05) is 18.2 Å². The Labute approximate surface area is 87.7 Å². The summed E-state index contributed by atoms with van der Waals surface area (Å²) in [5.41, 5.74) is 0.632. The lowest BCUT2D eigenvalue weighted by Crippen LogP contribution is -1.87. The lowest BCUT2D eigenvalue weighted by Gasteiger charge is -2.03. The van der Waals surface area contributed by atoms with E-state index < -0.39 is 0 Å². The number of halogens is 1. The fraction of sp³-hybridized carbons (Fsp3) is 0.0833. The summed E-state index contributed by atoms with van der Waals surface area (Å²) in [6.45, 7) is 0. The molecule has 0 aliphatic heterocycles. The molecule has 0 saturated carbocycles. The molecule has 0 amide bonds. The Morgan fingerprint density at radius 3 is 2.73 bits per heavy atom. The minimum absolute atomic E-state index is 0.324. The molecule has 0 spiro atoms. The van der Waals surface area contributed by atoms with E-state index >= 15 is 0 Å². The molecule has 0 fully saturated rings. The highest BCUT2D eigenvalue weighted by atomic mass is 19.1. The molecule has 0 heterocycles. The van der Waals surface area contributed by atoms with Gasteiger partial charge in [0, 0.05) is 5.56 Å². The summed E-state index contributed by atoms with van der Waals surface area (Å²) >= 11 is 0. The molecule has 0 aliphatic rings. The van der Waals surface area contributed by atoms with Gasteiger partial charge in [0.1, 0.15) is 17.9 Å². The zero-order valence-electron chi connectivity index (χ0n) is 8.31. The second kappa shape index (κ2) is 5.75. The Morgan fingerprint density at radius 2 is 2.07 bits per heavy atom. The fourth-order valence-corrected chi connectivity index (χ4v) is 1.10. The lowest BCUT2D eigenvalue weighted by molar-refractivity contribution is -0.104. The third kappa shape index (κ3) is 3.38. The number of ether oxygens (including phenoxy) is 1. The van der Waals surface area contributed by atoms with Crippen LogP contribution in [0.1, 0.15) is 5.56 Å². The third-order valence-electron chi connectivity index (χ3n) is 1.77. The van der Waals surface area contributed by atoms with Gasteiger partial charge < -0.3 is 4.74 Å². The van der Waals surface area contributed by atoms with E-state index in [-0.39, 0.29) is 5.82 Å². The first-order chi connectivity index (χ1) is 7.27. The molecular weight excluding hydrogens is 195 g/mol. The monoisotopic (exact) mass is 206 g/mol. The second-order valence-corrected chi connectivity index (χ2v) is 2.77. The van der Waals surface area contributed by atoms with Gasteiger partial charge in [-0.3, -0.25) is 4.79 Å². The minimum atomic E-state index is -0.324. The van der Waals surface area contributed by atoms with E-state index in [1.165, 1.54) is 25.3 Å². The number of carbonyl (C=O) groups excluding carboxylic acids is 1. The first-order valence-electron chi connectivity index (χ1n) is 4.40. The van der Waals surface area contributed by atoms with Crippen LogP contribution in [0.5, 0.6) is 5.75 Å². The SMILES string of the molecule is COc1ccc(F)cc1/C=C/C=C/C=O. The number of hydrogen-bond acceptors (Lipinski definition) is 2. The summed E-state index contributed by atoms with van der Waals surface area (Å²) in [6, 6.07) is 4.25. The smallest absolute Gasteiger partial charge is 0.142 e. The van der Waals surface area contributed by atoms with Gasteiger partial charge in [0.15, 0.2) is 0 Å². The predicted octanol–water partition coefficient (Wildman–Crippen LogP) is 2.60. The molecular formula is C12H11FO2. The first kappa shape index (κ1) is 11.2. The van der Waals surface area contributed by atoms with Gasteiger partial charge in [0.2, 0.25) is 0 Å². The first-order valence-corrected chi connectivity index (χ1v) is 4.40. The molecule has 1 aromatic carbocycles. The van der Waals surface area contributed by atoms with Crippen molar-refractivity contribution >= 4 is 12.4 Å². The fourth-order valence-electron chi connectivity index (χ4n) is 1.10. The molecule has 0 bridgehead atoms. The average Bonchev–Trinajstić information content (AvgIpc) is 2.25. The molecule has 3 heteroatoms. The highest BCUT2D eigenvalue weighted by Crippen LogP contribution is 2.20. The van der Waals surface area contributed by atoms with Gasteiger partial charge in [-0.15, -0.1) is 0 Å². The van der Waals surface area contributed by atoms with Gasteiger partial charge in [-0.25, -0.2) is 4.39 Å². The van der Waals surface area contributed by atoms with Crippen molar-refractivity contribution in [1.82, 2.24) is 0 Å². The molecule has 15 heavy (non-hydrogen) atoms. The molecule has 0 atom stereocenters. The van der Waals surface area contributed by atoms with E-state index in [9.17, 15) is 9.18 Å². The maximum Gasteiger partial charge on any atom is 0.142 e. The summed E-state index contributed by atoms with van der Waals surface area (Å²) in [6.07, 6.45) is 6.90. The number of aldehydes is 1. The predicted molar refractivity (Wildman–Crippen MR) is 57.2 cm³/mol. The van der Waals surface area contributed by atoms with E-state index in [0.29, 0.717) is 17.6 Å². The highest BCUT2D eigenvalue weighted by Gasteiger charge is 1.99. The zero-order valence-corrected chi connectivity index (χ0v) is 8.31. The van der Waals surface area contributed by atoms with Crippen LogP contribution in [-0.2, 0) is 4.79 Å². The van der Waals surface area contributed by atoms with E-state index in [0.717, 1.165) is 0 Å². The molecule has 0 aromatic heterocycles. The van der Waals surface area contributed by atoms with E-state index in [4.69, 9.17) is 4.74 Å². The van der Waals surface area contributed by atoms with Crippen molar-refractivity contribution in [3.8, 4) is 5.75 Å². The number of methoxy groups -OCH3 is 1. The molecule has 78 valence electrons. The summed E-state index contributed by atoms with van der Waals surface area (Å²) in [7, 11) is 1.52. The number of benzene rings is 1. The largest absolute Gasteiger partial charge is 0.496 e. The minimum Gasteiger partial charge on any atom is -0.496 e. The molecule has 1 rings (SSSR count). The number of carbonyl (C=O) groups is 1. The highest BCUT2D eigenvalue weighted by molar-refractivity contribution is 5.66. The molecule has 0 aliphatic carbocycles. The average molecular weight is 206 g/mol. The van der Waals surface area contributed by atoms with Crippen LogP contribution in [0.2, 0.25) is 0 Å². The summed E-state index contributed by atoms with van der Waals surface area (Å²) < 4.78 is 17.9. The second-order valence-electron chi connectivity index (χ2n) is 2.77. The van der Waals surface area contributed by atoms with Crippen LogP contribution in [0.25, 0.3) is 6.08 Å². The van der Waals surface area contributed by atoms with Crippen molar-refractivity contribution in [3.05, 3.63) is 47.8 Å². The topological polar surface area (TPSA) is 26.3 Å². The molecule has 0 N–H and O–H groups in total. The quantitative estimate of drug-likeness (QED) is 0.430. The zero-order chi connectivity index (χ0) is 11.1. The van der Waals surface area contributed by atoms with Crippen LogP contribution in [0.3, 0.4) is 0 Å². The van der Waals surface area contributed by atoms with Crippen LogP contribution in [-0.4, -0.2) is 13.4 Å². The van der Waals surface area contributed by atoms with Gasteiger partial charge in [-0.2, -0.15) is 0 Å². The van der Waals surface area contributed by atoms with Crippen LogP contribution in [0.15, 0.2) is 36.4 Å². The summed E-state index contributed by atoms with van der Waals surface area (Å²) in [4.78, 5) is 9.99. The van der Waals surface area contributed by atoms with E-state index in [1.807, 2.05) is 0 Å². The van der Waals surface area contributed by atoms with Crippen LogP contribution in [0, 0.1) is 5.82 Å². The molecule has 2 nitrogen and oxygen atoms in total. The van der Waals surface area contributed by atoms with Crippen LogP contribution in [0.4, 0.5) is 4.39 Å². The van der Waals surface area contributed by atoms with E-state index in [2.05, 4.69) is 0 Å². The van der Waals surface area contributed by atoms with Crippen molar-refractivity contribution in [1.29, 1.82) is 0 Å². The Balaban J connectivity index is 2.91. The van der Waals surface area contributed by atoms with Crippen molar-refractivity contribution in [2.24, 2.45) is 0 Å². The summed E-state index contributed by atoms with van der Waals surface area (Å²) in [5, 5.41) is 0. The molecule has 1 aromatic rings. The van der Waals surface area contributed by atoms with Crippen LogP contribution < -0.4 is 4.74 Å². The number of allylic oxidation sites excluding steroid dienone is 3. The third-order valence-corrected chi connectivity index (χ3v) is 1.77. The standard InChI is InChI=1S/C12H11FO2/c1-15-12-7-6-11(13)9-10(12)5-3-2-4-8-14/h2-9H,1H3/b4-2+,5-3+. The Morgan fingerprint density at radius 1 is 1.27 bits per heavy atom. The van der Waals surface area contributed by atoms with Crippen molar-refractivity contribution in [2.45, 2.75) is 0 Å². The number of rotatable bonds is 4. The Hall–Kier alpha value is -1.90. The summed E-state index contributed by atoms with van der Waals surface area (Å²) in [5.74, 6) is 0.266. The Bertz CT molecular complexity index is 395. The Kier molecular flexibility index (Phi) is 4.29. The van der Waals surface area contributed by atoms with Gasteiger partial charge in [0.25, 0.3) is 0 Å². The molecule has 0 unspecified atom stereocenters. The van der Waals surface area contributed by atoms with Crippen molar-refractivity contribution in [2.75, 3.05) is 7.11 Å². The van der Waals surface area contributed by atoms with Gasteiger partial charge in [0.05, 0.1) is 7.11 Å². The van der Waals surface area contributed by atoms with Gasteiger partial charge in [-0.05, 0) is 24.3 Å². The normalized spacial score (nSPS) is 11.1.